The van der Waals surface area contributed by atoms with Gasteiger partial charge in [-0.2, -0.15) is 0 Å². The van der Waals surface area contributed by atoms with Crippen LogP contribution in [0.4, 0.5) is 0 Å². The highest BCUT2D eigenvalue weighted by molar-refractivity contribution is 9.09. The van der Waals surface area contributed by atoms with Gasteiger partial charge in [0, 0.05) is 16.9 Å². The van der Waals surface area contributed by atoms with Crippen molar-refractivity contribution in [3.63, 3.8) is 0 Å². The second kappa shape index (κ2) is 6.09. The van der Waals surface area contributed by atoms with Gasteiger partial charge in [-0.3, -0.25) is 4.79 Å². The summed E-state index contributed by atoms with van der Waals surface area (Å²) in [4.78, 5) is 11.9. The molecule has 1 aromatic heterocycles. The minimum atomic E-state index is -0.123. The number of aryl methyl sites for hydroxylation is 1. The molecule has 1 unspecified atom stereocenters. The van der Waals surface area contributed by atoms with Crippen LogP contribution in [0.5, 0.6) is 0 Å². The third-order valence-corrected chi connectivity index (χ3v) is 3.07. The van der Waals surface area contributed by atoms with E-state index in [-0.39, 0.29) is 11.9 Å². The molecule has 1 heterocycles. The smallest absolute Gasteiger partial charge is 0.287 e. The highest BCUT2D eigenvalue weighted by Crippen LogP contribution is 2.12. The quantitative estimate of drug-likeness (QED) is 0.846. The van der Waals surface area contributed by atoms with Gasteiger partial charge < -0.3 is 9.73 Å². The maximum Gasteiger partial charge on any atom is 0.287 e. The third-order valence-electron chi connectivity index (χ3n) is 2.61. The number of furan rings is 1. The molecular formula is C12H18BrNO2. The average molecular weight is 288 g/mol. The van der Waals surface area contributed by atoms with E-state index in [0.717, 1.165) is 17.3 Å². The molecule has 1 aromatic rings. The monoisotopic (exact) mass is 287 g/mol. The molecule has 0 spiro atoms. The van der Waals surface area contributed by atoms with Gasteiger partial charge in [-0.25, -0.2) is 0 Å². The highest BCUT2D eigenvalue weighted by atomic mass is 79.9. The van der Waals surface area contributed by atoms with Crippen molar-refractivity contribution in [2.75, 3.05) is 5.33 Å². The maximum atomic E-state index is 11.9. The van der Waals surface area contributed by atoms with Crippen molar-refractivity contribution < 1.29 is 9.21 Å². The summed E-state index contributed by atoms with van der Waals surface area (Å²) in [5.74, 6) is 0.708. The van der Waals surface area contributed by atoms with Crippen LogP contribution in [0.25, 0.3) is 0 Å². The number of hydrogen-bond acceptors (Lipinski definition) is 2. The minimum absolute atomic E-state index is 0.123. The summed E-state index contributed by atoms with van der Waals surface area (Å²) in [5, 5.41) is 3.88. The van der Waals surface area contributed by atoms with Crippen LogP contribution in [0.1, 0.15) is 36.4 Å². The van der Waals surface area contributed by atoms with E-state index in [4.69, 9.17) is 4.42 Å². The minimum Gasteiger partial charge on any atom is -0.459 e. The van der Waals surface area contributed by atoms with Gasteiger partial charge in [0.25, 0.3) is 5.91 Å². The van der Waals surface area contributed by atoms with Crippen LogP contribution in [-0.2, 0) is 0 Å². The maximum absolute atomic E-state index is 11.9. The SMILES string of the molecule is Cc1ccoc1C(=O)NC(CCBr)C(C)C. The Hall–Kier alpha value is -0.770. The molecule has 0 aromatic carbocycles. The van der Waals surface area contributed by atoms with Crippen LogP contribution in [0.3, 0.4) is 0 Å². The van der Waals surface area contributed by atoms with Crippen LogP contribution in [0.2, 0.25) is 0 Å². The molecule has 1 N–H and O–H groups in total. The van der Waals surface area contributed by atoms with Crippen molar-refractivity contribution in [2.45, 2.75) is 33.2 Å². The standard InChI is InChI=1S/C12H18BrNO2/c1-8(2)10(4-6-13)14-12(15)11-9(3)5-7-16-11/h5,7-8,10H,4,6H2,1-3H3,(H,14,15). The largest absolute Gasteiger partial charge is 0.459 e. The first kappa shape index (κ1) is 13.3. The predicted molar refractivity (Wildman–Crippen MR) is 67.9 cm³/mol. The van der Waals surface area contributed by atoms with Crippen molar-refractivity contribution in [2.24, 2.45) is 5.92 Å². The molecule has 0 aliphatic carbocycles. The van der Waals surface area contributed by atoms with Crippen LogP contribution in [-0.4, -0.2) is 17.3 Å². The van der Waals surface area contributed by atoms with Crippen molar-refractivity contribution in [3.05, 3.63) is 23.7 Å². The van der Waals surface area contributed by atoms with Crippen molar-refractivity contribution in [1.29, 1.82) is 0 Å². The fourth-order valence-corrected chi connectivity index (χ4v) is 2.02. The van der Waals surface area contributed by atoms with E-state index in [2.05, 4.69) is 35.1 Å². The molecule has 3 nitrogen and oxygen atoms in total. The second-order valence-electron chi connectivity index (χ2n) is 4.23. The molecule has 90 valence electrons. The predicted octanol–water partition coefficient (Wildman–Crippen LogP) is 3.13. The molecule has 1 rings (SSSR count). The molecule has 0 bridgehead atoms. The van der Waals surface area contributed by atoms with E-state index >= 15 is 0 Å². The summed E-state index contributed by atoms with van der Waals surface area (Å²) in [5.41, 5.74) is 0.874. The first-order valence-electron chi connectivity index (χ1n) is 5.47. The van der Waals surface area contributed by atoms with E-state index in [1.54, 1.807) is 12.3 Å². The van der Waals surface area contributed by atoms with Crippen LogP contribution in [0, 0.1) is 12.8 Å². The molecule has 0 fully saturated rings. The molecule has 0 aliphatic heterocycles. The topological polar surface area (TPSA) is 42.2 Å². The first-order valence-corrected chi connectivity index (χ1v) is 6.59. The highest BCUT2D eigenvalue weighted by Gasteiger charge is 2.19. The van der Waals surface area contributed by atoms with Crippen molar-refractivity contribution in [3.8, 4) is 0 Å². The molecule has 0 saturated carbocycles. The fourth-order valence-electron chi connectivity index (χ4n) is 1.53. The van der Waals surface area contributed by atoms with Crippen molar-refractivity contribution >= 4 is 21.8 Å². The Bertz CT molecular complexity index is 347. The number of carbonyl (C=O) groups is 1. The zero-order valence-corrected chi connectivity index (χ0v) is 11.5. The number of alkyl halides is 1. The summed E-state index contributed by atoms with van der Waals surface area (Å²) in [6, 6.07) is 1.97. The van der Waals surface area contributed by atoms with Gasteiger partial charge >= 0.3 is 0 Å². The van der Waals surface area contributed by atoms with Crippen LogP contribution >= 0.6 is 15.9 Å². The Morgan fingerprint density at radius 3 is 2.69 bits per heavy atom. The van der Waals surface area contributed by atoms with E-state index in [1.165, 1.54) is 0 Å². The molecule has 0 radical (unpaired) electrons. The van der Waals surface area contributed by atoms with Crippen LogP contribution in [0.15, 0.2) is 16.7 Å². The molecule has 1 amide bonds. The number of hydrogen-bond donors (Lipinski definition) is 1. The number of amides is 1. The summed E-state index contributed by atoms with van der Waals surface area (Å²) in [6.07, 6.45) is 2.46. The molecule has 0 aliphatic rings. The molecule has 4 heteroatoms. The average Bonchev–Trinajstić information content (AvgIpc) is 2.63. The zero-order valence-electron chi connectivity index (χ0n) is 9.92. The van der Waals surface area contributed by atoms with Gasteiger partial charge in [0.15, 0.2) is 5.76 Å². The Balaban J connectivity index is 2.65. The Labute approximate surface area is 105 Å². The van der Waals surface area contributed by atoms with Gasteiger partial charge in [0.05, 0.1) is 6.26 Å². The number of rotatable bonds is 5. The van der Waals surface area contributed by atoms with Crippen molar-refractivity contribution in [1.82, 2.24) is 5.32 Å². The Kier molecular flexibility index (Phi) is 5.06. The van der Waals surface area contributed by atoms with Gasteiger partial charge in [-0.1, -0.05) is 29.8 Å². The van der Waals surface area contributed by atoms with Gasteiger partial charge in [0.1, 0.15) is 0 Å². The zero-order chi connectivity index (χ0) is 12.1. The second-order valence-corrected chi connectivity index (χ2v) is 5.03. The molecule has 0 saturated heterocycles. The Morgan fingerprint density at radius 2 is 2.25 bits per heavy atom. The Morgan fingerprint density at radius 1 is 1.56 bits per heavy atom. The van der Waals surface area contributed by atoms with E-state index in [0.29, 0.717) is 11.7 Å². The number of carbonyl (C=O) groups excluding carboxylic acids is 1. The molecule has 16 heavy (non-hydrogen) atoms. The summed E-state index contributed by atoms with van der Waals surface area (Å²) in [7, 11) is 0. The normalized spacial score (nSPS) is 12.8. The van der Waals surface area contributed by atoms with E-state index < -0.39 is 0 Å². The lowest BCUT2D eigenvalue weighted by atomic mass is 10.0. The lowest BCUT2D eigenvalue weighted by Gasteiger charge is -2.20. The first-order chi connectivity index (χ1) is 7.56. The lowest BCUT2D eigenvalue weighted by Crippen LogP contribution is -2.38. The fraction of sp³-hybridized carbons (Fsp3) is 0.583. The third kappa shape index (κ3) is 3.37. The van der Waals surface area contributed by atoms with E-state index in [9.17, 15) is 4.79 Å². The van der Waals surface area contributed by atoms with E-state index in [1.807, 2.05) is 6.92 Å². The number of halogens is 1. The summed E-state index contributed by atoms with van der Waals surface area (Å²) < 4.78 is 5.16. The van der Waals surface area contributed by atoms with Crippen LogP contribution < -0.4 is 5.32 Å². The summed E-state index contributed by atoms with van der Waals surface area (Å²) in [6.45, 7) is 6.07. The number of nitrogens with one attached hydrogen (secondary N) is 1. The molecular weight excluding hydrogens is 270 g/mol. The van der Waals surface area contributed by atoms with Gasteiger partial charge in [-0.15, -0.1) is 0 Å². The van der Waals surface area contributed by atoms with Gasteiger partial charge in [0.2, 0.25) is 0 Å². The van der Waals surface area contributed by atoms with Gasteiger partial charge in [-0.05, 0) is 25.3 Å². The molecule has 1 atom stereocenters. The lowest BCUT2D eigenvalue weighted by molar-refractivity contribution is 0.0896. The summed E-state index contributed by atoms with van der Waals surface area (Å²) >= 11 is 3.40.